The summed E-state index contributed by atoms with van der Waals surface area (Å²) >= 11 is 1.43. The molecule has 0 bridgehead atoms. The number of aliphatic imine (C=N–C) groups is 1. The Morgan fingerprint density at radius 2 is 1.47 bits per heavy atom. The van der Waals surface area contributed by atoms with Crippen LogP contribution in [0.2, 0.25) is 0 Å². The molecular weight excluding hydrogens is 254 g/mol. The second-order valence-electron chi connectivity index (χ2n) is 3.97. The number of benzene rings is 2. The van der Waals surface area contributed by atoms with Gasteiger partial charge in [-0.2, -0.15) is 0 Å². The second kappa shape index (κ2) is 6.90. The fraction of sp³-hybridized carbons (Fsp3) is 0.125. The zero-order valence-electron chi connectivity index (χ0n) is 10.7. The molecule has 19 heavy (non-hydrogen) atoms. The van der Waals surface area contributed by atoms with Crippen molar-refractivity contribution in [1.29, 1.82) is 0 Å². The van der Waals surface area contributed by atoms with Crippen molar-refractivity contribution in [1.82, 2.24) is 0 Å². The molecule has 0 aliphatic rings. The monoisotopic (exact) mass is 269 g/mol. The number of thioether (sulfide) groups is 1. The molecule has 0 N–H and O–H groups in total. The molecule has 1 unspecified atom stereocenters. The molecule has 0 fully saturated rings. The average molecular weight is 269 g/mol. The van der Waals surface area contributed by atoms with Crippen LogP contribution >= 0.6 is 11.8 Å². The predicted octanol–water partition coefficient (Wildman–Crippen LogP) is 3.41. The van der Waals surface area contributed by atoms with Crippen molar-refractivity contribution in [2.75, 3.05) is 6.26 Å². The highest BCUT2D eigenvalue weighted by molar-refractivity contribution is 7.99. The van der Waals surface area contributed by atoms with E-state index in [2.05, 4.69) is 4.99 Å². The minimum atomic E-state index is -0.365. The summed E-state index contributed by atoms with van der Waals surface area (Å²) in [5, 5.41) is -0.365. The Kier molecular flexibility index (Phi) is 4.93. The Morgan fingerprint density at radius 3 is 1.84 bits per heavy atom. The van der Waals surface area contributed by atoms with Crippen LogP contribution in [0.5, 0.6) is 0 Å². The van der Waals surface area contributed by atoms with Gasteiger partial charge in [-0.1, -0.05) is 60.7 Å². The van der Waals surface area contributed by atoms with Gasteiger partial charge in [0.25, 0.3) is 0 Å². The molecule has 0 spiro atoms. The van der Waals surface area contributed by atoms with Crippen LogP contribution in [0.1, 0.15) is 11.1 Å². The molecule has 0 radical (unpaired) electrons. The first-order valence-electron chi connectivity index (χ1n) is 6.02. The van der Waals surface area contributed by atoms with Crippen LogP contribution in [0, 0.1) is 0 Å². The Hall–Kier alpha value is -1.87. The molecule has 0 aliphatic heterocycles. The van der Waals surface area contributed by atoms with Crippen molar-refractivity contribution in [2.45, 2.75) is 5.37 Å². The minimum Gasteiger partial charge on any atom is -0.300 e. The third-order valence-electron chi connectivity index (χ3n) is 2.71. The summed E-state index contributed by atoms with van der Waals surface area (Å²) in [5.74, 6) is 0. The summed E-state index contributed by atoms with van der Waals surface area (Å²) in [4.78, 5) is 15.6. The van der Waals surface area contributed by atoms with Gasteiger partial charge >= 0.3 is 0 Å². The Labute approximate surface area is 117 Å². The smallest absolute Gasteiger partial charge is 0.154 e. The van der Waals surface area contributed by atoms with Crippen LogP contribution in [0.4, 0.5) is 0 Å². The Bertz CT molecular complexity index is 510. The van der Waals surface area contributed by atoms with Crippen molar-refractivity contribution >= 4 is 23.8 Å². The molecule has 0 aliphatic carbocycles. The summed E-state index contributed by atoms with van der Waals surface area (Å²) in [6.07, 6.45) is 2.76. The quantitative estimate of drug-likeness (QED) is 0.615. The first-order chi connectivity index (χ1) is 9.35. The lowest BCUT2D eigenvalue weighted by Gasteiger charge is -2.09. The number of aldehydes is 1. The summed E-state index contributed by atoms with van der Waals surface area (Å²) in [6, 6.07) is 19.9. The molecule has 0 saturated heterocycles. The lowest BCUT2D eigenvalue weighted by molar-refractivity contribution is -0.107. The van der Waals surface area contributed by atoms with Crippen molar-refractivity contribution in [3.05, 3.63) is 71.8 Å². The van der Waals surface area contributed by atoms with E-state index < -0.39 is 0 Å². The first kappa shape index (κ1) is 13.6. The molecule has 96 valence electrons. The van der Waals surface area contributed by atoms with Crippen LogP contribution in [0.25, 0.3) is 0 Å². The average Bonchev–Trinajstić information content (AvgIpc) is 2.50. The van der Waals surface area contributed by atoms with Crippen LogP contribution in [0.15, 0.2) is 65.7 Å². The van der Waals surface area contributed by atoms with E-state index in [1.54, 1.807) is 0 Å². The van der Waals surface area contributed by atoms with Gasteiger partial charge in [-0.15, -0.1) is 11.8 Å². The van der Waals surface area contributed by atoms with Crippen molar-refractivity contribution in [3.63, 3.8) is 0 Å². The zero-order chi connectivity index (χ0) is 13.5. The SMILES string of the molecule is CSC(C=O)N=C(c1ccccc1)c1ccccc1. The molecule has 1 atom stereocenters. The summed E-state index contributed by atoms with van der Waals surface area (Å²) < 4.78 is 0. The Morgan fingerprint density at radius 1 is 1.00 bits per heavy atom. The van der Waals surface area contributed by atoms with Crippen LogP contribution in [-0.4, -0.2) is 23.6 Å². The topological polar surface area (TPSA) is 29.4 Å². The fourth-order valence-corrected chi connectivity index (χ4v) is 2.10. The molecular formula is C16H15NOS. The highest BCUT2D eigenvalue weighted by Crippen LogP contribution is 2.14. The van der Waals surface area contributed by atoms with Gasteiger partial charge in [-0.25, -0.2) is 0 Å². The molecule has 0 amide bonds. The molecule has 0 aromatic heterocycles. The molecule has 0 heterocycles. The summed E-state index contributed by atoms with van der Waals surface area (Å²) in [6.45, 7) is 0. The van der Waals surface area contributed by atoms with E-state index in [1.165, 1.54) is 11.8 Å². The first-order valence-corrected chi connectivity index (χ1v) is 7.30. The van der Waals surface area contributed by atoms with Gasteiger partial charge in [-0.3, -0.25) is 9.79 Å². The van der Waals surface area contributed by atoms with Crippen LogP contribution in [0.3, 0.4) is 0 Å². The molecule has 2 rings (SSSR count). The van der Waals surface area contributed by atoms with E-state index in [4.69, 9.17) is 0 Å². The van der Waals surface area contributed by atoms with E-state index in [1.807, 2.05) is 66.9 Å². The standard InChI is InChI=1S/C16H15NOS/c1-19-15(12-18)17-16(13-8-4-2-5-9-13)14-10-6-3-7-11-14/h2-12,15H,1H3. The lowest BCUT2D eigenvalue weighted by Crippen LogP contribution is -2.09. The van der Waals surface area contributed by atoms with Gasteiger partial charge in [0.2, 0.25) is 0 Å². The van der Waals surface area contributed by atoms with Gasteiger partial charge in [0.1, 0.15) is 0 Å². The van der Waals surface area contributed by atoms with Crippen LogP contribution in [-0.2, 0) is 4.79 Å². The molecule has 2 aromatic rings. The van der Waals surface area contributed by atoms with E-state index >= 15 is 0 Å². The molecule has 2 nitrogen and oxygen atoms in total. The number of rotatable bonds is 5. The van der Waals surface area contributed by atoms with Crippen LogP contribution < -0.4 is 0 Å². The van der Waals surface area contributed by atoms with Crippen molar-refractivity contribution in [2.24, 2.45) is 4.99 Å². The summed E-state index contributed by atoms with van der Waals surface area (Å²) in [7, 11) is 0. The molecule has 0 saturated carbocycles. The van der Waals surface area contributed by atoms with E-state index in [9.17, 15) is 4.79 Å². The summed E-state index contributed by atoms with van der Waals surface area (Å²) in [5.41, 5.74) is 2.90. The van der Waals surface area contributed by atoms with E-state index in [0.717, 1.165) is 23.1 Å². The normalized spacial score (nSPS) is 11.6. The maximum Gasteiger partial charge on any atom is 0.154 e. The largest absolute Gasteiger partial charge is 0.300 e. The molecule has 3 heteroatoms. The van der Waals surface area contributed by atoms with Gasteiger partial charge in [0.15, 0.2) is 11.7 Å². The number of carbonyl (C=O) groups excluding carboxylic acids is 1. The fourth-order valence-electron chi connectivity index (χ4n) is 1.77. The minimum absolute atomic E-state index is 0.365. The maximum atomic E-state index is 11.0. The van der Waals surface area contributed by atoms with Gasteiger partial charge in [0.05, 0.1) is 5.71 Å². The number of carbonyl (C=O) groups is 1. The van der Waals surface area contributed by atoms with Crippen molar-refractivity contribution in [3.8, 4) is 0 Å². The number of hydrogen-bond donors (Lipinski definition) is 0. The van der Waals surface area contributed by atoms with Gasteiger partial charge in [-0.05, 0) is 6.26 Å². The molecule has 2 aromatic carbocycles. The van der Waals surface area contributed by atoms with E-state index in [0.29, 0.717) is 0 Å². The maximum absolute atomic E-state index is 11.0. The highest BCUT2D eigenvalue weighted by Gasteiger charge is 2.09. The zero-order valence-corrected chi connectivity index (χ0v) is 11.5. The van der Waals surface area contributed by atoms with Gasteiger partial charge < -0.3 is 0 Å². The number of hydrogen-bond acceptors (Lipinski definition) is 3. The third-order valence-corrected chi connectivity index (χ3v) is 3.41. The van der Waals surface area contributed by atoms with Crippen molar-refractivity contribution < 1.29 is 4.79 Å². The van der Waals surface area contributed by atoms with Gasteiger partial charge in [0, 0.05) is 11.1 Å². The Balaban J connectivity index is 2.48. The lowest BCUT2D eigenvalue weighted by atomic mass is 10.0. The predicted molar refractivity (Wildman–Crippen MR) is 81.9 cm³/mol. The number of nitrogens with zero attached hydrogens (tertiary/aromatic N) is 1. The highest BCUT2D eigenvalue weighted by atomic mass is 32.2. The van der Waals surface area contributed by atoms with E-state index in [-0.39, 0.29) is 5.37 Å². The second-order valence-corrected chi connectivity index (χ2v) is 4.93. The third kappa shape index (κ3) is 3.55.